The number of hydrogen-bond acceptors (Lipinski definition) is 15. The lowest BCUT2D eigenvalue weighted by Crippen LogP contribution is -2.64. The van der Waals surface area contributed by atoms with E-state index < -0.39 is 193 Å². The molecule has 1 aromatic rings. The topological polar surface area (TPSA) is 416 Å². The molecule has 1 aliphatic heterocycles. The van der Waals surface area contributed by atoms with Crippen LogP contribution in [0.15, 0.2) is 30.3 Å². The summed E-state index contributed by atoms with van der Waals surface area (Å²) in [4.78, 5) is 165. The van der Waals surface area contributed by atoms with Gasteiger partial charge in [0.25, 0.3) is 0 Å². The number of benzene rings is 1. The van der Waals surface area contributed by atoms with E-state index in [4.69, 9.17) is 5.73 Å². The summed E-state index contributed by atoms with van der Waals surface area (Å²) < 4.78 is 0. The largest absolute Gasteiger partial charge is 0.394 e. The fourth-order valence-corrected chi connectivity index (χ4v) is 9.02. The van der Waals surface area contributed by atoms with Crippen molar-refractivity contribution in [1.82, 2.24) is 63.8 Å². The van der Waals surface area contributed by atoms with Crippen LogP contribution >= 0.6 is 0 Å². The molecule has 2 rings (SSSR count). The Kier molecular flexibility index (Phi) is 31.6. The van der Waals surface area contributed by atoms with Crippen molar-refractivity contribution in [3.05, 3.63) is 35.9 Å². The maximum atomic E-state index is 14.4. The quantitative estimate of drug-likeness (QED) is 0.0353. The minimum absolute atomic E-state index is 0.228. The van der Waals surface area contributed by atoms with Gasteiger partial charge in [0.05, 0.1) is 25.3 Å². The Hall–Kier alpha value is -7.26. The third-order valence-electron chi connectivity index (χ3n) is 15.5. The second kappa shape index (κ2) is 36.4. The molecule has 12 amide bonds. The summed E-state index contributed by atoms with van der Waals surface area (Å²) in [6, 6.07) is -6.80. The van der Waals surface area contributed by atoms with Crippen molar-refractivity contribution in [1.29, 1.82) is 0 Å². The van der Waals surface area contributed by atoms with Gasteiger partial charge in [0.1, 0.15) is 60.4 Å². The summed E-state index contributed by atoms with van der Waals surface area (Å²) in [5, 5.41) is 52.2. The van der Waals surface area contributed by atoms with Gasteiger partial charge in [-0.25, -0.2) is 0 Å². The Morgan fingerprint density at radius 1 is 0.548 bits per heavy atom. The average Bonchev–Trinajstić information content (AvgIpc) is 3.56. The molecule has 0 bridgehead atoms. The van der Waals surface area contributed by atoms with Gasteiger partial charge < -0.3 is 79.7 Å². The molecule has 16 N–H and O–H groups in total. The van der Waals surface area contributed by atoms with Crippen LogP contribution in [-0.4, -0.2) is 174 Å². The first-order valence-corrected chi connectivity index (χ1v) is 29.2. The van der Waals surface area contributed by atoms with Crippen molar-refractivity contribution in [3.63, 3.8) is 0 Å². The van der Waals surface area contributed by atoms with Crippen LogP contribution in [-0.2, 0) is 64.0 Å². The molecular formula is C57H95N13O14. The molecule has 0 radical (unpaired) electrons. The molecule has 0 aromatic heterocycles. The number of nitrogens with two attached hydrogens (primary N) is 1. The van der Waals surface area contributed by atoms with Gasteiger partial charge >= 0.3 is 0 Å². The van der Waals surface area contributed by atoms with E-state index >= 15 is 0 Å². The highest BCUT2D eigenvalue weighted by Gasteiger charge is 2.40. The number of aliphatic hydroxyl groups excluding tert-OH is 2. The summed E-state index contributed by atoms with van der Waals surface area (Å²) >= 11 is 0. The van der Waals surface area contributed by atoms with Crippen LogP contribution in [0, 0.1) is 23.7 Å². The Balaban J connectivity index is 2.40. The highest BCUT2D eigenvalue weighted by Crippen LogP contribution is 2.16. The molecule has 84 heavy (non-hydrogen) atoms. The Bertz CT molecular complexity index is 2400. The van der Waals surface area contributed by atoms with E-state index in [-0.39, 0.29) is 19.3 Å². The van der Waals surface area contributed by atoms with Gasteiger partial charge in [0.15, 0.2) is 0 Å². The Labute approximate surface area is 493 Å². The van der Waals surface area contributed by atoms with E-state index in [2.05, 4.69) is 63.8 Å². The molecule has 0 spiro atoms. The number of likely N-dealkylation sites (N-methyl/N-ethyl adjacent to an activating group) is 1. The van der Waals surface area contributed by atoms with Gasteiger partial charge in [0.2, 0.25) is 70.9 Å². The second-order valence-corrected chi connectivity index (χ2v) is 21.9. The number of aliphatic hydroxyl groups is 2. The minimum atomic E-state index is -1.77. The zero-order chi connectivity index (χ0) is 63.5. The van der Waals surface area contributed by atoms with Crippen molar-refractivity contribution in [2.24, 2.45) is 29.4 Å². The lowest BCUT2D eigenvalue weighted by molar-refractivity contribution is -0.138. The lowest BCUT2D eigenvalue weighted by atomic mass is 9.94. The molecule has 1 heterocycles. The molecular weight excluding hydrogens is 1090 g/mol. The first kappa shape index (κ1) is 72.8. The maximum Gasteiger partial charge on any atom is 0.245 e. The summed E-state index contributed by atoms with van der Waals surface area (Å²) in [6.07, 6.45) is 1.63. The smallest absolute Gasteiger partial charge is 0.245 e. The summed E-state index contributed by atoms with van der Waals surface area (Å²) in [7, 11) is 1.60. The molecule has 27 nitrogen and oxygen atoms in total. The Morgan fingerprint density at radius 2 is 1.01 bits per heavy atom. The van der Waals surface area contributed by atoms with Crippen molar-refractivity contribution in [3.8, 4) is 0 Å². The van der Waals surface area contributed by atoms with Gasteiger partial charge in [-0.3, -0.25) is 57.5 Å². The molecule has 1 aliphatic rings. The van der Waals surface area contributed by atoms with E-state index in [1.54, 1.807) is 69.4 Å². The van der Waals surface area contributed by atoms with Crippen LogP contribution in [0.3, 0.4) is 0 Å². The standard InChI is InChI=1S/C57H95N13O14/c1-13-21-36-48(75)66-42(29(6)14-2)53(80)60-33(10)46(57(84)61-34(11)47(74)62-36)70-52(79)40(28-72)65-55(82)44(31(8)16-4)69-56(83)45(32(9)17-5)67-49(76)37(24-25-41(58)73)63-51(78)39(27-71)64-54(81)43(30(7)15-3)68-50(77)38(59-12)26-35-22-19-18-20-23-35/h18-20,22-23,29-34,36-40,42-46,59,71-72H,13-17,21,24-28H2,1-12H3,(H2,58,73)(H,60,80)(H,61,84)(H,62,74)(H,63,78)(H,64,81)(H,65,82)(H,66,75)(H,67,76)(H,68,77)(H,69,83)(H,70,79)/t29-,30-,31-,32+,33-,34-,36-,37+,38+,39-,40-,42-,43-,44-,45+,46+/m0/s1. The van der Waals surface area contributed by atoms with Gasteiger partial charge in [0, 0.05) is 6.42 Å². The zero-order valence-corrected chi connectivity index (χ0v) is 50.8. The van der Waals surface area contributed by atoms with Gasteiger partial charge in [-0.15, -0.1) is 0 Å². The number of rotatable bonds is 32. The van der Waals surface area contributed by atoms with Crippen LogP contribution in [0.2, 0.25) is 0 Å². The fourth-order valence-electron chi connectivity index (χ4n) is 9.02. The summed E-state index contributed by atoms with van der Waals surface area (Å²) in [5.41, 5.74) is 6.31. The van der Waals surface area contributed by atoms with Crippen molar-refractivity contribution in [2.75, 3.05) is 20.3 Å². The average molecular weight is 1190 g/mol. The molecule has 0 saturated carbocycles. The number of primary amides is 1. The third-order valence-corrected chi connectivity index (χ3v) is 15.5. The number of carbonyl (C=O) groups is 12. The predicted octanol–water partition coefficient (Wildman–Crippen LogP) is -2.56. The second-order valence-electron chi connectivity index (χ2n) is 21.9. The van der Waals surface area contributed by atoms with E-state index in [1.165, 1.54) is 13.8 Å². The normalized spacial score (nSPS) is 21.6. The van der Waals surface area contributed by atoms with Gasteiger partial charge in [-0.1, -0.05) is 125 Å². The van der Waals surface area contributed by atoms with Crippen molar-refractivity contribution < 1.29 is 67.7 Å². The third kappa shape index (κ3) is 22.4. The molecule has 1 fully saturated rings. The summed E-state index contributed by atoms with van der Waals surface area (Å²) in [5.74, 6) is -12.3. The monoisotopic (exact) mass is 1190 g/mol. The van der Waals surface area contributed by atoms with Crippen LogP contribution in [0.5, 0.6) is 0 Å². The van der Waals surface area contributed by atoms with Gasteiger partial charge in [-0.2, -0.15) is 0 Å². The zero-order valence-electron chi connectivity index (χ0n) is 50.8. The fraction of sp³-hybridized carbons (Fsp3) is 0.684. The van der Waals surface area contributed by atoms with E-state index in [0.29, 0.717) is 25.7 Å². The van der Waals surface area contributed by atoms with Crippen LogP contribution in [0.25, 0.3) is 0 Å². The lowest BCUT2D eigenvalue weighted by Gasteiger charge is -2.32. The molecule has 0 unspecified atom stereocenters. The summed E-state index contributed by atoms with van der Waals surface area (Å²) in [6.45, 7) is 16.3. The highest BCUT2D eigenvalue weighted by atomic mass is 16.3. The molecule has 27 heteroatoms. The molecule has 472 valence electrons. The minimum Gasteiger partial charge on any atom is -0.394 e. The molecule has 1 aromatic carbocycles. The highest BCUT2D eigenvalue weighted by molar-refractivity contribution is 6.00. The SMILES string of the molecule is CCC[C@@H]1NC(=O)[C@H](C)NC(=O)[C@H](NC(=O)[C@H](CO)NC(=O)[C@@H](NC(=O)[C@H](NC(=O)[C@@H](CCC(N)=O)NC(=O)[C@H](CO)NC(=O)[C@@H](NC(=O)[C@@H](Cc2ccccc2)NC)[C@@H](C)CC)[C@H](C)CC)[C@@H](C)CC)[C@H](C)NC(=O)[C@H]([C@@H](C)CC)NC1=O. The number of carbonyl (C=O) groups excluding carboxylic acids is 12. The predicted molar refractivity (Wildman–Crippen MR) is 311 cm³/mol. The molecule has 0 aliphatic carbocycles. The first-order valence-electron chi connectivity index (χ1n) is 29.2. The van der Waals surface area contributed by atoms with E-state index in [0.717, 1.165) is 5.56 Å². The Morgan fingerprint density at radius 3 is 1.48 bits per heavy atom. The van der Waals surface area contributed by atoms with Crippen LogP contribution < -0.4 is 69.5 Å². The number of hydrogen-bond donors (Lipinski definition) is 15. The first-order chi connectivity index (χ1) is 39.7. The van der Waals surface area contributed by atoms with E-state index in [1.807, 2.05) is 30.3 Å². The van der Waals surface area contributed by atoms with Crippen molar-refractivity contribution >= 4 is 70.9 Å². The van der Waals surface area contributed by atoms with Gasteiger partial charge in [-0.05, 0) is 69.4 Å². The van der Waals surface area contributed by atoms with Crippen molar-refractivity contribution in [2.45, 2.75) is 206 Å². The molecule has 1 saturated heterocycles. The van der Waals surface area contributed by atoms with Crippen LogP contribution in [0.4, 0.5) is 0 Å². The van der Waals surface area contributed by atoms with Crippen LogP contribution in [0.1, 0.15) is 133 Å². The number of amides is 12. The number of nitrogens with one attached hydrogen (secondary N) is 12. The van der Waals surface area contributed by atoms with E-state index in [9.17, 15) is 67.7 Å². The maximum absolute atomic E-state index is 14.4. The molecule has 16 atom stereocenters.